The minimum absolute atomic E-state index is 0.00215. The minimum Gasteiger partial charge on any atom is -0.497 e. The summed E-state index contributed by atoms with van der Waals surface area (Å²) in [6.07, 6.45) is 3.76. The van der Waals surface area contributed by atoms with Gasteiger partial charge in [-0.3, -0.25) is 4.90 Å². The summed E-state index contributed by atoms with van der Waals surface area (Å²) in [7, 11) is -2.13. The number of halogens is 1. The Morgan fingerprint density at radius 3 is 2.61 bits per heavy atom. The number of rotatable bonds is 6. The fourth-order valence-electron chi connectivity index (χ4n) is 6.28. The molecule has 7 nitrogen and oxygen atoms in total. The second-order valence-corrected chi connectivity index (χ2v) is 12.5. The Bertz CT molecular complexity index is 1390. The molecule has 1 spiro atoms. The number of H-pyrrole nitrogens is 1. The number of piperidine rings is 1. The number of methoxy groups -OCH3 is 1. The van der Waals surface area contributed by atoms with Crippen LogP contribution in [0.25, 0.3) is 10.9 Å². The number of fused-ring (bicyclic) bond motifs is 4. The van der Waals surface area contributed by atoms with Crippen LogP contribution in [0.15, 0.2) is 47.4 Å². The molecule has 1 aromatic heterocycles. The Kier molecular flexibility index (Phi) is 5.87. The van der Waals surface area contributed by atoms with Gasteiger partial charge in [0.05, 0.1) is 24.7 Å². The van der Waals surface area contributed by atoms with E-state index < -0.39 is 15.8 Å². The van der Waals surface area contributed by atoms with E-state index >= 15 is 0 Å². The first kappa shape index (κ1) is 23.9. The highest BCUT2D eigenvalue weighted by Crippen LogP contribution is 2.50. The Morgan fingerprint density at radius 1 is 1.17 bits per heavy atom. The van der Waals surface area contributed by atoms with Gasteiger partial charge in [-0.2, -0.15) is 4.31 Å². The third-order valence-corrected chi connectivity index (χ3v) is 10.2. The highest BCUT2D eigenvalue weighted by molar-refractivity contribution is 7.89. The maximum absolute atomic E-state index is 13.8. The number of nitrogens with one attached hydrogen (secondary N) is 1. The van der Waals surface area contributed by atoms with Crippen LogP contribution in [-0.4, -0.2) is 67.6 Å². The number of hydrogen-bond donors (Lipinski definition) is 2. The zero-order valence-electron chi connectivity index (χ0n) is 20.4. The first-order valence-corrected chi connectivity index (χ1v) is 14.1. The summed E-state index contributed by atoms with van der Waals surface area (Å²) in [6, 6.07) is 11.2. The number of hydrogen-bond acceptors (Lipinski definition) is 5. The quantitative estimate of drug-likeness (QED) is 0.524. The lowest BCUT2D eigenvalue weighted by Gasteiger charge is -2.50. The van der Waals surface area contributed by atoms with Crippen molar-refractivity contribution in [2.75, 3.05) is 39.9 Å². The number of aromatic amines is 1. The number of nitrogens with zero attached hydrogens (tertiary/aromatic N) is 2. The predicted octanol–water partition coefficient (Wildman–Crippen LogP) is 3.80. The normalized spacial score (nSPS) is 22.7. The zero-order chi connectivity index (χ0) is 25.1. The molecule has 192 valence electrons. The SMILES string of the molecule is COc1ccc2c3c([nH]c2c1)[C@@H](CO)N(CC1CC1)CC31CCN(S(=O)(=O)c2cccc(F)c2)CC1. The molecule has 1 saturated heterocycles. The van der Waals surface area contributed by atoms with E-state index in [1.54, 1.807) is 7.11 Å². The highest BCUT2D eigenvalue weighted by atomic mass is 32.2. The van der Waals surface area contributed by atoms with Crippen molar-refractivity contribution in [3.05, 3.63) is 59.5 Å². The molecule has 9 heteroatoms. The predicted molar refractivity (Wildman–Crippen MR) is 135 cm³/mol. The summed E-state index contributed by atoms with van der Waals surface area (Å²) in [6.45, 7) is 2.48. The van der Waals surface area contributed by atoms with Crippen LogP contribution in [0.5, 0.6) is 5.75 Å². The third kappa shape index (κ3) is 3.93. The summed E-state index contributed by atoms with van der Waals surface area (Å²) in [5, 5.41) is 11.6. The number of aliphatic hydroxyl groups excluding tert-OH is 1. The topological polar surface area (TPSA) is 85.9 Å². The van der Waals surface area contributed by atoms with E-state index in [9.17, 15) is 17.9 Å². The van der Waals surface area contributed by atoms with Crippen LogP contribution >= 0.6 is 0 Å². The van der Waals surface area contributed by atoms with Gasteiger partial charge in [-0.1, -0.05) is 6.07 Å². The summed E-state index contributed by atoms with van der Waals surface area (Å²) in [4.78, 5) is 6.01. The van der Waals surface area contributed by atoms with Crippen LogP contribution in [-0.2, 0) is 15.4 Å². The fourth-order valence-corrected chi connectivity index (χ4v) is 7.75. The number of aliphatic hydroxyl groups is 1. The molecule has 2 N–H and O–H groups in total. The molecule has 0 amide bonds. The lowest BCUT2D eigenvalue weighted by molar-refractivity contribution is 0.0558. The van der Waals surface area contributed by atoms with E-state index in [1.807, 2.05) is 12.1 Å². The molecular weight excluding hydrogens is 481 g/mol. The van der Waals surface area contributed by atoms with Gasteiger partial charge in [0.1, 0.15) is 11.6 Å². The second kappa shape index (κ2) is 8.83. The Morgan fingerprint density at radius 2 is 1.94 bits per heavy atom. The van der Waals surface area contributed by atoms with Crippen molar-refractivity contribution in [1.29, 1.82) is 0 Å². The molecule has 2 aromatic carbocycles. The number of ether oxygens (including phenoxy) is 1. The smallest absolute Gasteiger partial charge is 0.243 e. The van der Waals surface area contributed by atoms with Crippen molar-refractivity contribution in [1.82, 2.24) is 14.2 Å². The van der Waals surface area contributed by atoms with Gasteiger partial charge in [0.15, 0.2) is 0 Å². The Balaban J connectivity index is 1.39. The first-order chi connectivity index (χ1) is 17.3. The molecule has 3 heterocycles. The van der Waals surface area contributed by atoms with Crippen LogP contribution in [0.2, 0.25) is 0 Å². The molecule has 3 aromatic rings. The summed E-state index contributed by atoms with van der Waals surface area (Å²) in [5.41, 5.74) is 2.97. The van der Waals surface area contributed by atoms with Gasteiger partial charge in [0, 0.05) is 54.3 Å². The van der Waals surface area contributed by atoms with E-state index in [1.165, 1.54) is 40.9 Å². The molecular formula is C27H32FN3O4S. The lowest BCUT2D eigenvalue weighted by Crippen LogP contribution is -2.54. The molecule has 6 rings (SSSR count). The van der Waals surface area contributed by atoms with Crippen LogP contribution in [0.4, 0.5) is 4.39 Å². The molecule has 1 saturated carbocycles. The van der Waals surface area contributed by atoms with Gasteiger partial charge in [0.25, 0.3) is 0 Å². The molecule has 2 aliphatic heterocycles. The largest absolute Gasteiger partial charge is 0.497 e. The van der Waals surface area contributed by atoms with Gasteiger partial charge in [-0.15, -0.1) is 0 Å². The first-order valence-electron chi connectivity index (χ1n) is 12.7. The molecule has 1 atom stereocenters. The highest BCUT2D eigenvalue weighted by Gasteiger charge is 2.49. The number of sulfonamides is 1. The van der Waals surface area contributed by atoms with Crippen LogP contribution < -0.4 is 4.74 Å². The molecule has 1 aliphatic carbocycles. The van der Waals surface area contributed by atoms with Crippen LogP contribution in [0.3, 0.4) is 0 Å². The minimum atomic E-state index is -3.78. The Labute approximate surface area is 210 Å². The summed E-state index contributed by atoms with van der Waals surface area (Å²) >= 11 is 0. The van der Waals surface area contributed by atoms with Gasteiger partial charge < -0.3 is 14.8 Å². The lowest BCUT2D eigenvalue weighted by atomic mass is 9.68. The molecule has 36 heavy (non-hydrogen) atoms. The van der Waals surface area contributed by atoms with Gasteiger partial charge >= 0.3 is 0 Å². The van der Waals surface area contributed by atoms with Crippen LogP contribution in [0, 0.1) is 11.7 Å². The van der Waals surface area contributed by atoms with Crippen molar-refractivity contribution < 1.29 is 22.7 Å². The van der Waals surface area contributed by atoms with E-state index in [0.29, 0.717) is 31.8 Å². The van der Waals surface area contributed by atoms with E-state index in [2.05, 4.69) is 16.0 Å². The van der Waals surface area contributed by atoms with E-state index in [0.717, 1.165) is 41.5 Å². The molecule has 0 unspecified atom stereocenters. The third-order valence-electron chi connectivity index (χ3n) is 8.32. The van der Waals surface area contributed by atoms with Gasteiger partial charge in [-0.25, -0.2) is 12.8 Å². The van der Waals surface area contributed by atoms with Crippen molar-refractivity contribution in [2.45, 2.75) is 42.0 Å². The average Bonchev–Trinajstić information content (AvgIpc) is 3.60. The van der Waals surface area contributed by atoms with Crippen molar-refractivity contribution in [3.8, 4) is 5.75 Å². The molecule has 0 radical (unpaired) electrons. The second-order valence-electron chi connectivity index (χ2n) is 10.5. The average molecular weight is 514 g/mol. The summed E-state index contributed by atoms with van der Waals surface area (Å²) in [5.74, 6) is 0.874. The molecule has 2 fully saturated rings. The standard InChI is InChI=1S/C27H32FN3O4S/c1-35-20-7-8-22-23(14-20)29-26-24(16-32)30(15-18-5-6-18)17-27(25(22)26)9-11-31(12-10-27)36(33,34)21-4-2-3-19(28)13-21/h2-4,7-8,13-14,18,24,29,32H,5-6,9-12,15-17H2,1H3/t24-/m1/s1. The Hall–Kier alpha value is -2.46. The molecule has 0 bridgehead atoms. The van der Waals surface area contributed by atoms with Gasteiger partial charge in [0.2, 0.25) is 10.0 Å². The van der Waals surface area contributed by atoms with Gasteiger partial charge in [-0.05, 0) is 67.5 Å². The van der Waals surface area contributed by atoms with E-state index in [-0.39, 0.29) is 23.0 Å². The molecule has 3 aliphatic rings. The number of aromatic nitrogens is 1. The number of benzene rings is 2. The van der Waals surface area contributed by atoms with Crippen LogP contribution in [0.1, 0.15) is 43.0 Å². The maximum Gasteiger partial charge on any atom is 0.243 e. The van der Waals surface area contributed by atoms with Crippen molar-refractivity contribution in [3.63, 3.8) is 0 Å². The maximum atomic E-state index is 13.8. The monoisotopic (exact) mass is 513 g/mol. The fraction of sp³-hybridized carbons (Fsp3) is 0.481. The van der Waals surface area contributed by atoms with Crippen molar-refractivity contribution >= 4 is 20.9 Å². The van der Waals surface area contributed by atoms with E-state index in [4.69, 9.17) is 4.74 Å². The zero-order valence-corrected chi connectivity index (χ0v) is 21.2. The van der Waals surface area contributed by atoms with Crippen molar-refractivity contribution in [2.24, 2.45) is 5.92 Å². The summed E-state index contributed by atoms with van der Waals surface area (Å²) < 4.78 is 47.3.